The molecule has 3 aromatic rings. The summed E-state index contributed by atoms with van der Waals surface area (Å²) in [4.78, 5) is 26.1. The lowest BCUT2D eigenvalue weighted by atomic mass is 9.86. The second-order valence-electron chi connectivity index (χ2n) is 8.31. The number of carbonyl (C=O) groups excluding carboxylic acids is 1. The van der Waals surface area contributed by atoms with Crippen molar-refractivity contribution >= 4 is 16.9 Å². The van der Waals surface area contributed by atoms with Crippen LogP contribution in [0.4, 0.5) is 0 Å². The average Bonchev–Trinajstić information content (AvgIpc) is 3.20. The molecular formula is C24H23NO6. The van der Waals surface area contributed by atoms with Crippen LogP contribution in [-0.4, -0.2) is 24.4 Å². The third-order valence-electron chi connectivity index (χ3n) is 5.73. The summed E-state index contributed by atoms with van der Waals surface area (Å²) in [6.45, 7) is 4.83. The van der Waals surface area contributed by atoms with Crippen LogP contribution in [0.15, 0.2) is 41.2 Å². The van der Waals surface area contributed by atoms with Crippen LogP contribution in [0, 0.1) is 5.92 Å². The lowest BCUT2D eigenvalue weighted by Crippen LogP contribution is -2.30. The number of fused-ring (bicyclic) bond motifs is 3. The van der Waals surface area contributed by atoms with Crippen molar-refractivity contribution < 1.29 is 23.7 Å². The Morgan fingerprint density at radius 1 is 1.03 bits per heavy atom. The lowest BCUT2D eigenvalue weighted by Gasteiger charge is -2.26. The maximum atomic E-state index is 13.6. The SMILES string of the molecule is COc1ccc2c(c1)cc([C@@H]1CC(=O)Oc3cc4c(cc31)OCO4)c(=O)n2CC(C)C. The van der Waals surface area contributed by atoms with Crippen LogP contribution in [-0.2, 0) is 11.3 Å². The number of benzene rings is 2. The Kier molecular flexibility index (Phi) is 4.61. The number of hydrogen-bond donors (Lipinski definition) is 0. The van der Waals surface area contributed by atoms with Gasteiger partial charge in [0.1, 0.15) is 11.5 Å². The summed E-state index contributed by atoms with van der Waals surface area (Å²) >= 11 is 0. The highest BCUT2D eigenvalue weighted by molar-refractivity contribution is 5.83. The standard InChI is InChI=1S/C24H23NO6/c1-13(2)11-25-19-5-4-15(28-3)6-14(19)7-18(24(25)27)16-9-23(26)31-20-10-22-21(8-17(16)20)29-12-30-22/h4-8,10,13,16H,9,11-12H2,1-3H3/t16-/m1/s1. The fraction of sp³-hybridized carbons (Fsp3) is 0.333. The van der Waals surface area contributed by atoms with Gasteiger partial charge in [0.15, 0.2) is 11.5 Å². The molecule has 0 unspecified atom stereocenters. The predicted octanol–water partition coefficient (Wildman–Crippen LogP) is 3.84. The Bertz CT molecular complexity index is 1260. The molecule has 0 fully saturated rings. The van der Waals surface area contributed by atoms with Gasteiger partial charge in [0.05, 0.1) is 19.0 Å². The van der Waals surface area contributed by atoms with Gasteiger partial charge in [-0.1, -0.05) is 13.8 Å². The number of rotatable bonds is 4. The number of hydrogen-bond acceptors (Lipinski definition) is 6. The number of pyridine rings is 1. The van der Waals surface area contributed by atoms with Crippen molar-refractivity contribution in [1.29, 1.82) is 0 Å². The average molecular weight is 421 g/mol. The number of nitrogens with zero attached hydrogens (tertiary/aromatic N) is 1. The van der Waals surface area contributed by atoms with E-state index >= 15 is 0 Å². The smallest absolute Gasteiger partial charge is 0.312 e. The van der Waals surface area contributed by atoms with Gasteiger partial charge in [-0.15, -0.1) is 0 Å². The monoisotopic (exact) mass is 421 g/mol. The molecule has 0 radical (unpaired) electrons. The zero-order valence-corrected chi connectivity index (χ0v) is 17.6. The number of carbonyl (C=O) groups is 1. The van der Waals surface area contributed by atoms with Crippen molar-refractivity contribution in [2.75, 3.05) is 13.9 Å². The molecule has 2 aromatic carbocycles. The molecule has 0 saturated carbocycles. The maximum Gasteiger partial charge on any atom is 0.312 e. The van der Waals surface area contributed by atoms with E-state index < -0.39 is 5.92 Å². The first-order valence-corrected chi connectivity index (χ1v) is 10.3. The van der Waals surface area contributed by atoms with Crippen molar-refractivity contribution in [3.63, 3.8) is 0 Å². The molecule has 0 amide bonds. The van der Waals surface area contributed by atoms with Crippen LogP contribution >= 0.6 is 0 Å². The van der Waals surface area contributed by atoms with Crippen LogP contribution < -0.4 is 24.5 Å². The summed E-state index contributed by atoms with van der Waals surface area (Å²) in [6.07, 6.45) is 0.0824. The Hall–Kier alpha value is -3.48. The molecule has 1 aromatic heterocycles. The van der Waals surface area contributed by atoms with Crippen LogP contribution in [0.5, 0.6) is 23.0 Å². The quantitative estimate of drug-likeness (QED) is 0.471. The van der Waals surface area contributed by atoms with Gasteiger partial charge in [-0.25, -0.2) is 0 Å². The maximum absolute atomic E-state index is 13.6. The van der Waals surface area contributed by atoms with Crippen molar-refractivity contribution in [1.82, 2.24) is 4.57 Å². The number of esters is 1. The van der Waals surface area contributed by atoms with Crippen LogP contribution in [0.1, 0.15) is 37.3 Å². The zero-order valence-electron chi connectivity index (χ0n) is 17.6. The fourth-order valence-corrected chi connectivity index (χ4v) is 4.33. The summed E-state index contributed by atoms with van der Waals surface area (Å²) in [5, 5.41) is 0.885. The molecule has 0 spiro atoms. The van der Waals surface area contributed by atoms with E-state index in [4.69, 9.17) is 18.9 Å². The largest absolute Gasteiger partial charge is 0.497 e. The summed E-state index contributed by atoms with van der Waals surface area (Å²) in [5.41, 5.74) is 2.04. The lowest BCUT2D eigenvalue weighted by molar-refractivity contribution is -0.135. The van der Waals surface area contributed by atoms with E-state index in [0.29, 0.717) is 35.1 Å². The van der Waals surface area contributed by atoms with Crippen molar-refractivity contribution in [3.8, 4) is 23.0 Å². The van der Waals surface area contributed by atoms with Gasteiger partial charge < -0.3 is 23.5 Å². The van der Waals surface area contributed by atoms with Crippen molar-refractivity contribution in [2.45, 2.75) is 32.7 Å². The summed E-state index contributed by atoms with van der Waals surface area (Å²) in [7, 11) is 1.61. The molecule has 3 heterocycles. The molecule has 7 nitrogen and oxygen atoms in total. The zero-order chi connectivity index (χ0) is 21.7. The van der Waals surface area contributed by atoms with Crippen LogP contribution in [0.3, 0.4) is 0 Å². The topological polar surface area (TPSA) is 76.0 Å². The minimum atomic E-state index is -0.438. The van der Waals surface area contributed by atoms with Crippen LogP contribution in [0.2, 0.25) is 0 Å². The Morgan fingerprint density at radius 3 is 2.55 bits per heavy atom. The van der Waals surface area contributed by atoms with Gasteiger partial charge >= 0.3 is 5.97 Å². The van der Waals surface area contributed by atoms with E-state index in [1.165, 1.54) is 0 Å². The van der Waals surface area contributed by atoms with Gasteiger partial charge in [0.25, 0.3) is 5.56 Å². The summed E-state index contributed by atoms with van der Waals surface area (Å²) in [5.74, 6) is 1.70. The number of aromatic nitrogens is 1. The first-order valence-electron chi connectivity index (χ1n) is 10.3. The van der Waals surface area contributed by atoms with Gasteiger partial charge in [0.2, 0.25) is 6.79 Å². The molecule has 2 aliphatic heterocycles. The van der Waals surface area contributed by atoms with Crippen LogP contribution in [0.25, 0.3) is 10.9 Å². The molecule has 0 saturated heterocycles. The molecule has 1 atom stereocenters. The second-order valence-corrected chi connectivity index (χ2v) is 8.31. The first kappa shape index (κ1) is 19.5. The number of ether oxygens (including phenoxy) is 4. The molecule has 0 bridgehead atoms. The van der Waals surface area contributed by atoms with Crippen molar-refractivity contribution in [3.05, 3.63) is 57.9 Å². The molecule has 160 valence electrons. The highest BCUT2D eigenvalue weighted by atomic mass is 16.7. The third kappa shape index (κ3) is 3.30. The second kappa shape index (κ2) is 7.34. The molecule has 2 aliphatic rings. The molecule has 5 rings (SSSR count). The van der Waals surface area contributed by atoms with Gasteiger partial charge in [-0.05, 0) is 36.2 Å². The van der Waals surface area contributed by atoms with E-state index in [2.05, 4.69) is 13.8 Å². The summed E-state index contributed by atoms with van der Waals surface area (Å²) in [6, 6.07) is 11.0. The molecule has 0 aliphatic carbocycles. The minimum absolute atomic E-state index is 0.0824. The van der Waals surface area contributed by atoms with Gasteiger partial charge in [-0.3, -0.25) is 9.59 Å². The Morgan fingerprint density at radius 2 is 1.81 bits per heavy atom. The number of methoxy groups -OCH3 is 1. The Labute approximate surface area is 179 Å². The molecule has 7 heteroatoms. The van der Waals surface area contributed by atoms with E-state index in [9.17, 15) is 9.59 Å². The highest BCUT2D eigenvalue weighted by Crippen LogP contribution is 2.45. The normalized spacial score (nSPS) is 17.0. The third-order valence-corrected chi connectivity index (χ3v) is 5.73. The van der Waals surface area contributed by atoms with E-state index in [-0.39, 0.29) is 30.7 Å². The van der Waals surface area contributed by atoms with Gasteiger partial charge in [0, 0.05) is 35.0 Å². The van der Waals surface area contributed by atoms with E-state index in [1.807, 2.05) is 30.3 Å². The molecule has 31 heavy (non-hydrogen) atoms. The predicted molar refractivity (Wildman–Crippen MR) is 114 cm³/mol. The molecular weight excluding hydrogens is 398 g/mol. The minimum Gasteiger partial charge on any atom is -0.497 e. The van der Waals surface area contributed by atoms with Gasteiger partial charge in [-0.2, -0.15) is 0 Å². The first-order chi connectivity index (χ1) is 14.9. The van der Waals surface area contributed by atoms with Crippen molar-refractivity contribution in [2.24, 2.45) is 5.92 Å². The molecule has 0 N–H and O–H groups in total. The highest BCUT2D eigenvalue weighted by Gasteiger charge is 2.33. The Balaban J connectivity index is 1.74. The van der Waals surface area contributed by atoms with E-state index in [0.717, 1.165) is 16.5 Å². The fourth-order valence-electron chi connectivity index (χ4n) is 4.33. The van der Waals surface area contributed by atoms with E-state index in [1.54, 1.807) is 17.7 Å². The summed E-state index contributed by atoms with van der Waals surface area (Å²) < 4.78 is 23.6.